The van der Waals surface area contributed by atoms with E-state index >= 15 is 0 Å². The van der Waals surface area contributed by atoms with Crippen LogP contribution >= 0.6 is 11.8 Å². The largest absolute Gasteiger partial charge is 0.454 e. The number of thioether (sulfide) groups is 1. The molecule has 3 aromatic rings. The van der Waals surface area contributed by atoms with Gasteiger partial charge in [-0.05, 0) is 30.2 Å². The van der Waals surface area contributed by atoms with Gasteiger partial charge < -0.3 is 19.4 Å². The monoisotopic (exact) mass is 435 g/mol. The number of fused-ring (bicyclic) bond motifs is 2. The average molecular weight is 436 g/mol. The molecule has 5 rings (SSSR count). The van der Waals surface area contributed by atoms with Crippen molar-refractivity contribution in [1.82, 2.24) is 9.55 Å². The minimum Gasteiger partial charge on any atom is -0.454 e. The van der Waals surface area contributed by atoms with Crippen molar-refractivity contribution < 1.29 is 14.3 Å². The molecule has 158 valence electrons. The number of aryl methyl sites for hydroxylation is 1. The molecule has 1 aromatic heterocycles. The first kappa shape index (κ1) is 19.7. The number of amides is 1. The normalized spacial score (nSPS) is 16.7. The van der Waals surface area contributed by atoms with Crippen LogP contribution in [-0.2, 0) is 17.6 Å². The summed E-state index contributed by atoms with van der Waals surface area (Å²) in [7, 11) is 1.82. The molecule has 1 atom stereocenters. The fourth-order valence-corrected chi connectivity index (χ4v) is 4.83. The van der Waals surface area contributed by atoms with Gasteiger partial charge in [0.25, 0.3) is 5.56 Å². The molecule has 8 heteroatoms. The Kier molecular flexibility index (Phi) is 4.94. The predicted octanol–water partition coefficient (Wildman–Crippen LogP) is 3.58. The van der Waals surface area contributed by atoms with Crippen molar-refractivity contribution in [2.75, 3.05) is 12.1 Å². The zero-order valence-electron chi connectivity index (χ0n) is 17.2. The van der Waals surface area contributed by atoms with Crippen molar-refractivity contribution in [2.45, 2.75) is 30.2 Å². The van der Waals surface area contributed by atoms with Crippen LogP contribution in [-0.4, -0.2) is 22.3 Å². The molecule has 0 spiro atoms. The summed E-state index contributed by atoms with van der Waals surface area (Å²) in [5, 5.41) is 3.45. The van der Waals surface area contributed by atoms with E-state index in [-0.39, 0.29) is 30.6 Å². The summed E-state index contributed by atoms with van der Waals surface area (Å²) >= 11 is 1.47. The van der Waals surface area contributed by atoms with E-state index in [1.54, 1.807) is 4.57 Å². The number of anilines is 1. The quantitative estimate of drug-likeness (QED) is 0.498. The van der Waals surface area contributed by atoms with Crippen LogP contribution in [0.25, 0.3) is 0 Å². The van der Waals surface area contributed by atoms with Crippen LogP contribution in [0.2, 0.25) is 0 Å². The molecular formula is C23H21N3O4S. The number of hydrogen-bond donors (Lipinski definition) is 1. The van der Waals surface area contributed by atoms with Crippen molar-refractivity contribution in [3.8, 4) is 11.5 Å². The van der Waals surface area contributed by atoms with Gasteiger partial charge in [-0.3, -0.25) is 9.59 Å². The van der Waals surface area contributed by atoms with Crippen LogP contribution in [0.15, 0.2) is 52.4 Å². The molecule has 31 heavy (non-hydrogen) atoms. The van der Waals surface area contributed by atoms with E-state index in [1.165, 1.54) is 17.3 Å². The molecule has 0 bridgehead atoms. The first-order valence-corrected chi connectivity index (χ1v) is 11.0. The zero-order chi connectivity index (χ0) is 21.5. The van der Waals surface area contributed by atoms with Gasteiger partial charge in [0.1, 0.15) is 5.82 Å². The molecule has 1 amide bonds. The van der Waals surface area contributed by atoms with E-state index in [1.807, 2.05) is 32.2 Å². The van der Waals surface area contributed by atoms with Gasteiger partial charge in [0, 0.05) is 25.1 Å². The minimum absolute atomic E-state index is 0.133. The molecule has 0 radical (unpaired) electrons. The molecular weight excluding hydrogens is 414 g/mol. The first-order chi connectivity index (χ1) is 15.0. The summed E-state index contributed by atoms with van der Waals surface area (Å²) in [6.07, 6.45) is 0.180. The lowest BCUT2D eigenvalue weighted by molar-refractivity contribution is -0.116. The average Bonchev–Trinajstić information content (AvgIpc) is 3.23. The summed E-state index contributed by atoms with van der Waals surface area (Å²) in [4.78, 5) is 29.9. The molecule has 2 aliphatic rings. The van der Waals surface area contributed by atoms with Crippen molar-refractivity contribution in [3.05, 3.63) is 75.1 Å². The maximum absolute atomic E-state index is 13.1. The third kappa shape index (κ3) is 3.67. The maximum Gasteiger partial charge on any atom is 0.279 e. The second kappa shape index (κ2) is 7.77. The number of nitrogens with zero attached hydrogens (tertiary/aromatic N) is 2. The van der Waals surface area contributed by atoms with E-state index in [4.69, 9.17) is 9.47 Å². The van der Waals surface area contributed by atoms with Gasteiger partial charge in [-0.1, -0.05) is 47.7 Å². The number of rotatable bonds is 4. The van der Waals surface area contributed by atoms with Crippen LogP contribution in [0.1, 0.15) is 34.6 Å². The second-order valence-corrected chi connectivity index (χ2v) is 8.66. The molecule has 0 fully saturated rings. The number of nitrogens with one attached hydrogen (secondary N) is 1. The molecule has 7 nitrogen and oxygen atoms in total. The lowest BCUT2D eigenvalue weighted by atomic mass is 9.86. The van der Waals surface area contributed by atoms with E-state index in [2.05, 4.69) is 34.6 Å². The summed E-state index contributed by atoms with van der Waals surface area (Å²) in [5.74, 6) is 1.95. The maximum atomic E-state index is 13.1. The number of carbonyl (C=O) groups is 1. The molecule has 0 aliphatic carbocycles. The Hall–Kier alpha value is -3.26. The van der Waals surface area contributed by atoms with Crippen LogP contribution in [0.5, 0.6) is 11.5 Å². The van der Waals surface area contributed by atoms with Crippen molar-refractivity contribution >= 4 is 23.5 Å². The fourth-order valence-electron chi connectivity index (χ4n) is 3.91. The SMILES string of the molecule is Cc1ccc(CSc2nc(=O)c3c(n2C)NC(=O)C[C@@H]3c2ccc3c(c2)OCO3)cc1. The second-order valence-electron chi connectivity index (χ2n) is 7.71. The molecule has 1 N–H and O–H groups in total. The van der Waals surface area contributed by atoms with E-state index in [0.717, 1.165) is 11.1 Å². The Morgan fingerprint density at radius 3 is 2.71 bits per heavy atom. The number of hydrogen-bond acceptors (Lipinski definition) is 6. The Bertz CT molecular complexity index is 1240. The Morgan fingerprint density at radius 2 is 1.90 bits per heavy atom. The third-order valence-electron chi connectivity index (χ3n) is 5.59. The van der Waals surface area contributed by atoms with Crippen molar-refractivity contribution in [2.24, 2.45) is 7.05 Å². The first-order valence-electron chi connectivity index (χ1n) is 9.98. The highest BCUT2D eigenvalue weighted by molar-refractivity contribution is 7.98. The van der Waals surface area contributed by atoms with Crippen LogP contribution in [0.3, 0.4) is 0 Å². The van der Waals surface area contributed by atoms with Gasteiger partial charge in [-0.25, -0.2) is 0 Å². The number of carbonyl (C=O) groups excluding carboxylic acids is 1. The van der Waals surface area contributed by atoms with E-state index in [0.29, 0.717) is 33.8 Å². The van der Waals surface area contributed by atoms with Gasteiger partial charge in [0.05, 0.1) is 5.56 Å². The summed E-state index contributed by atoms with van der Waals surface area (Å²) in [5.41, 5.74) is 3.36. The van der Waals surface area contributed by atoms with E-state index < -0.39 is 0 Å². The number of aromatic nitrogens is 2. The van der Waals surface area contributed by atoms with Crippen molar-refractivity contribution in [1.29, 1.82) is 0 Å². The molecule has 0 saturated heterocycles. The number of ether oxygens (including phenoxy) is 2. The van der Waals surface area contributed by atoms with Crippen LogP contribution in [0, 0.1) is 6.92 Å². The van der Waals surface area contributed by atoms with Crippen LogP contribution in [0.4, 0.5) is 5.82 Å². The number of benzene rings is 2. The highest BCUT2D eigenvalue weighted by atomic mass is 32.2. The minimum atomic E-state index is -0.388. The van der Waals surface area contributed by atoms with Gasteiger partial charge in [-0.2, -0.15) is 4.98 Å². The lowest BCUT2D eigenvalue weighted by Crippen LogP contribution is -2.33. The Morgan fingerprint density at radius 1 is 1.13 bits per heavy atom. The summed E-state index contributed by atoms with van der Waals surface area (Å²) in [6.45, 7) is 2.22. The Labute approximate surface area is 183 Å². The lowest BCUT2D eigenvalue weighted by Gasteiger charge is -2.27. The van der Waals surface area contributed by atoms with Gasteiger partial charge >= 0.3 is 0 Å². The molecule has 2 aromatic carbocycles. The molecule has 0 saturated carbocycles. The molecule has 0 unspecified atom stereocenters. The van der Waals surface area contributed by atoms with Gasteiger partial charge in [0.15, 0.2) is 16.7 Å². The summed E-state index contributed by atoms with van der Waals surface area (Å²) < 4.78 is 12.6. The molecule has 3 heterocycles. The summed E-state index contributed by atoms with van der Waals surface area (Å²) in [6, 6.07) is 13.8. The zero-order valence-corrected chi connectivity index (χ0v) is 18.0. The Balaban J connectivity index is 1.50. The highest BCUT2D eigenvalue weighted by Gasteiger charge is 2.33. The van der Waals surface area contributed by atoms with Gasteiger partial charge in [-0.15, -0.1) is 0 Å². The van der Waals surface area contributed by atoms with E-state index in [9.17, 15) is 9.59 Å². The fraction of sp³-hybridized carbons (Fsp3) is 0.261. The topological polar surface area (TPSA) is 82.5 Å². The van der Waals surface area contributed by atoms with Crippen LogP contribution < -0.4 is 20.3 Å². The molecule has 2 aliphatic heterocycles. The predicted molar refractivity (Wildman–Crippen MR) is 118 cm³/mol. The van der Waals surface area contributed by atoms with Gasteiger partial charge in [0.2, 0.25) is 12.7 Å². The standard InChI is InChI=1S/C23H21N3O4S/c1-13-3-5-14(6-4-13)11-31-23-25-22(28)20-16(10-19(27)24-21(20)26(23)2)15-7-8-17-18(9-15)30-12-29-17/h3-9,16H,10-12H2,1-2H3,(H,24,27)/t16-/m1/s1. The highest BCUT2D eigenvalue weighted by Crippen LogP contribution is 2.40. The third-order valence-corrected chi connectivity index (χ3v) is 6.69. The smallest absolute Gasteiger partial charge is 0.279 e. The van der Waals surface area contributed by atoms with Crippen molar-refractivity contribution in [3.63, 3.8) is 0 Å².